The molecule has 2 aromatic rings. The van der Waals surface area contributed by atoms with Crippen LogP contribution in [0.5, 0.6) is 11.5 Å². The molecule has 0 saturated carbocycles. The molecule has 31 heavy (non-hydrogen) atoms. The highest BCUT2D eigenvalue weighted by atomic mass is 79.9. The van der Waals surface area contributed by atoms with E-state index in [9.17, 15) is 19.7 Å². The van der Waals surface area contributed by atoms with Gasteiger partial charge in [0.05, 0.1) is 16.5 Å². The summed E-state index contributed by atoms with van der Waals surface area (Å²) in [6.07, 6.45) is 1.69. The molecule has 0 N–H and O–H groups in total. The van der Waals surface area contributed by atoms with E-state index in [1.54, 1.807) is 26.0 Å². The normalized spacial score (nSPS) is 14.3. The summed E-state index contributed by atoms with van der Waals surface area (Å²) in [6.45, 7) is 3.27. The van der Waals surface area contributed by atoms with Crippen LogP contribution in [0.4, 0.5) is 5.69 Å². The van der Waals surface area contributed by atoms with Gasteiger partial charge in [-0.15, -0.1) is 0 Å². The number of carbonyl (C=O) groups is 2. The highest BCUT2D eigenvalue weighted by Gasteiger charge is 2.26. The number of aryl methyl sites for hydroxylation is 1. The molecule has 0 aromatic heterocycles. The second-order valence-electron chi connectivity index (χ2n) is 6.46. The van der Waals surface area contributed by atoms with Crippen LogP contribution < -0.4 is 9.47 Å². The molecule has 0 radical (unpaired) electrons. The van der Waals surface area contributed by atoms with E-state index < -0.39 is 16.9 Å². The molecule has 0 spiro atoms. The molecule has 3 rings (SSSR count). The number of methoxy groups -OCH3 is 1. The van der Waals surface area contributed by atoms with Gasteiger partial charge in [-0.05, 0) is 58.8 Å². The average Bonchev–Trinajstić information content (AvgIpc) is 3.09. The molecular weight excluding hydrogens is 472 g/mol. The molecule has 1 aliphatic rings. The third-order valence-electron chi connectivity index (χ3n) is 4.32. The van der Waals surface area contributed by atoms with Gasteiger partial charge in [0.2, 0.25) is 5.90 Å². The van der Waals surface area contributed by atoms with E-state index in [2.05, 4.69) is 20.9 Å². The molecule has 9 nitrogen and oxygen atoms in total. The van der Waals surface area contributed by atoms with Crippen LogP contribution in [0.2, 0.25) is 0 Å². The van der Waals surface area contributed by atoms with Gasteiger partial charge in [0.15, 0.2) is 17.2 Å². The van der Waals surface area contributed by atoms with Gasteiger partial charge in [-0.2, -0.15) is 0 Å². The van der Waals surface area contributed by atoms with Crippen molar-refractivity contribution in [2.75, 3.05) is 7.11 Å². The van der Waals surface area contributed by atoms with Gasteiger partial charge < -0.3 is 14.2 Å². The Morgan fingerprint density at radius 1 is 1.32 bits per heavy atom. The molecule has 1 heterocycles. The molecule has 0 aliphatic carbocycles. The number of hydrogen-bond acceptors (Lipinski definition) is 8. The standard InChI is InChI=1S/C21H17BrN2O7/c1-4-18(25)30-19-14(22)8-12(10-17(19)29-3)9-15-21(26)31-20(23-15)13-5-6-16(24(27)28)11(2)7-13/h5-10H,4H2,1-3H3/b15-9-. The Morgan fingerprint density at radius 3 is 2.68 bits per heavy atom. The number of ether oxygens (including phenoxy) is 3. The van der Waals surface area contributed by atoms with Crippen LogP contribution >= 0.6 is 15.9 Å². The number of hydrogen-bond donors (Lipinski definition) is 0. The molecule has 160 valence electrons. The molecule has 1 aliphatic heterocycles. The minimum atomic E-state index is -0.664. The highest BCUT2D eigenvalue weighted by Crippen LogP contribution is 2.38. The zero-order valence-corrected chi connectivity index (χ0v) is 18.4. The fourth-order valence-corrected chi connectivity index (χ4v) is 3.33. The van der Waals surface area contributed by atoms with Crippen LogP contribution in [0.15, 0.2) is 45.5 Å². The number of rotatable bonds is 6. The fraction of sp³-hybridized carbons (Fsp3) is 0.190. The second-order valence-corrected chi connectivity index (χ2v) is 7.31. The lowest BCUT2D eigenvalue weighted by Crippen LogP contribution is -2.07. The molecule has 10 heteroatoms. The van der Waals surface area contributed by atoms with E-state index in [0.29, 0.717) is 26.9 Å². The number of halogens is 1. The summed E-state index contributed by atoms with van der Waals surface area (Å²) in [6, 6.07) is 7.57. The van der Waals surface area contributed by atoms with E-state index in [4.69, 9.17) is 14.2 Å². The third kappa shape index (κ3) is 4.80. The van der Waals surface area contributed by atoms with E-state index >= 15 is 0 Å². The first-order valence-electron chi connectivity index (χ1n) is 9.09. The number of nitrogens with zero attached hydrogens (tertiary/aromatic N) is 2. The van der Waals surface area contributed by atoms with Gasteiger partial charge in [-0.3, -0.25) is 14.9 Å². The first-order chi connectivity index (χ1) is 14.7. The summed E-state index contributed by atoms with van der Waals surface area (Å²) >= 11 is 3.34. The molecule has 2 aromatic carbocycles. The summed E-state index contributed by atoms with van der Waals surface area (Å²) in [4.78, 5) is 38.6. The lowest BCUT2D eigenvalue weighted by Gasteiger charge is -2.11. The first-order valence-corrected chi connectivity index (χ1v) is 9.89. The maximum Gasteiger partial charge on any atom is 0.363 e. The number of cyclic esters (lactones) is 1. The number of carbonyl (C=O) groups excluding carboxylic acids is 2. The van der Waals surface area contributed by atoms with Gasteiger partial charge in [-0.25, -0.2) is 9.79 Å². The van der Waals surface area contributed by atoms with Crippen molar-refractivity contribution < 1.29 is 28.7 Å². The zero-order valence-electron chi connectivity index (χ0n) is 16.8. The first kappa shape index (κ1) is 22.2. The van der Waals surface area contributed by atoms with Crippen molar-refractivity contribution in [1.82, 2.24) is 0 Å². The summed E-state index contributed by atoms with van der Waals surface area (Å²) < 4.78 is 16.3. The highest BCUT2D eigenvalue weighted by molar-refractivity contribution is 9.10. The predicted octanol–water partition coefficient (Wildman–Crippen LogP) is 4.33. The van der Waals surface area contributed by atoms with Gasteiger partial charge in [0.1, 0.15) is 0 Å². The van der Waals surface area contributed by atoms with Crippen molar-refractivity contribution >= 4 is 45.5 Å². The molecule has 0 fully saturated rings. The van der Waals surface area contributed by atoms with Crippen molar-refractivity contribution in [1.29, 1.82) is 0 Å². The van der Waals surface area contributed by atoms with Crippen LogP contribution in [0.3, 0.4) is 0 Å². The van der Waals surface area contributed by atoms with Crippen molar-refractivity contribution in [3.05, 3.63) is 67.3 Å². The Labute approximate surface area is 185 Å². The second kappa shape index (κ2) is 9.09. The quantitative estimate of drug-likeness (QED) is 0.195. The predicted molar refractivity (Wildman–Crippen MR) is 115 cm³/mol. The molecule has 0 saturated heterocycles. The van der Waals surface area contributed by atoms with Crippen LogP contribution in [-0.2, 0) is 14.3 Å². The van der Waals surface area contributed by atoms with Crippen LogP contribution in [0.25, 0.3) is 6.08 Å². The van der Waals surface area contributed by atoms with E-state index in [0.717, 1.165) is 0 Å². The van der Waals surface area contributed by atoms with Crippen molar-refractivity contribution in [3.8, 4) is 11.5 Å². The van der Waals surface area contributed by atoms with Crippen molar-refractivity contribution in [2.45, 2.75) is 20.3 Å². The topological polar surface area (TPSA) is 117 Å². The van der Waals surface area contributed by atoms with Crippen molar-refractivity contribution in [2.24, 2.45) is 4.99 Å². The van der Waals surface area contributed by atoms with E-state index in [1.807, 2.05) is 0 Å². The van der Waals surface area contributed by atoms with Gasteiger partial charge in [0.25, 0.3) is 5.69 Å². The number of esters is 2. The Morgan fingerprint density at radius 2 is 2.06 bits per heavy atom. The van der Waals surface area contributed by atoms with Crippen LogP contribution in [0, 0.1) is 17.0 Å². The summed E-state index contributed by atoms with van der Waals surface area (Å²) in [5.74, 6) is -0.505. The van der Waals surface area contributed by atoms with Gasteiger partial charge in [-0.1, -0.05) is 6.92 Å². The maximum absolute atomic E-state index is 12.3. The Balaban J connectivity index is 1.95. The smallest absolute Gasteiger partial charge is 0.363 e. The minimum absolute atomic E-state index is 0.0368. The van der Waals surface area contributed by atoms with E-state index in [-0.39, 0.29) is 29.5 Å². The Hall–Kier alpha value is -3.53. The molecule has 0 amide bonds. The molecular formula is C21H17BrN2O7. The largest absolute Gasteiger partial charge is 0.493 e. The third-order valence-corrected chi connectivity index (χ3v) is 4.91. The lowest BCUT2D eigenvalue weighted by molar-refractivity contribution is -0.385. The summed E-state index contributed by atoms with van der Waals surface area (Å²) in [7, 11) is 1.43. The van der Waals surface area contributed by atoms with Crippen molar-refractivity contribution in [3.63, 3.8) is 0 Å². The van der Waals surface area contributed by atoms with Crippen LogP contribution in [0.1, 0.15) is 30.0 Å². The zero-order chi connectivity index (χ0) is 22.7. The SMILES string of the molecule is CCC(=O)Oc1c(Br)cc(/C=C2\N=C(c3ccc([N+](=O)[O-])c(C)c3)OC2=O)cc1OC. The van der Waals surface area contributed by atoms with E-state index in [1.165, 1.54) is 31.4 Å². The van der Waals surface area contributed by atoms with Crippen LogP contribution in [-0.4, -0.2) is 29.9 Å². The van der Waals surface area contributed by atoms with Gasteiger partial charge in [0, 0.05) is 23.6 Å². The number of nitro groups is 1. The van der Waals surface area contributed by atoms with Gasteiger partial charge >= 0.3 is 11.9 Å². The minimum Gasteiger partial charge on any atom is -0.493 e. The summed E-state index contributed by atoms with van der Waals surface area (Å²) in [5.41, 5.74) is 1.42. The lowest BCUT2D eigenvalue weighted by atomic mass is 10.1. The fourth-order valence-electron chi connectivity index (χ4n) is 2.79. The Kier molecular flexibility index (Phi) is 6.50. The monoisotopic (exact) mass is 488 g/mol. The number of benzene rings is 2. The molecule has 0 atom stereocenters. The number of nitro benzene ring substituents is 1. The molecule has 0 bridgehead atoms. The summed E-state index contributed by atoms with van der Waals surface area (Å²) in [5, 5.41) is 11.0. The average molecular weight is 489 g/mol. The Bertz CT molecular complexity index is 1150. The molecule has 0 unspecified atom stereocenters. The maximum atomic E-state index is 12.3. The number of aliphatic imine (C=N–C) groups is 1.